The minimum absolute atomic E-state index is 0. The van der Waals surface area contributed by atoms with Crippen molar-refractivity contribution in [2.45, 2.75) is 70.8 Å². The van der Waals surface area contributed by atoms with Crippen LogP contribution in [0, 0.1) is 0 Å². The van der Waals surface area contributed by atoms with Crippen LogP contribution in [0.5, 0.6) is 17.2 Å². The van der Waals surface area contributed by atoms with Crippen molar-refractivity contribution in [2.24, 2.45) is 0 Å². The van der Waals surface area contributed by atoms with Crippen molar-refractivity contribution in [2.75, 3.05) is 45.2 Å². The van der Waals surface area contributed by atoms with Crippen molar-refractivity contribution in [1.29, 1.82) is 0 Å². The van der Waals surface area contributed by atoms with Crippen LogP contribution in [0.15, 0.2) is 36.4 Å². The molecule has 0 heterocycles. The highest BCUT2D eigenvalue weighted by Crippen LogP contribution is 2.36. The number of fused-ring (bicyclic) bond motifs is 1. The largest absolute Gasteiger partial charge is 0.504 e. The van der Waals surface area contributed by atoms with Gasteiger partial charge in [0.05, 0.1) is 12.8 Å². The first-order valence-electron chi connectivity index (χ1n) is 13.5. The number of halogens is 3. The van der Waals surface area contributed by atoms with E-state index in [-0.39, 0.29) is 48.7 Å². The first-order chi connectivity index (χ1) is 17.1. The number of aromatic hydroxyl groups is 2. The lowest BCUT2D eigenvalue weighted by Gasteiger charge is -2.35. The molecule has 0 saturated carbocycles. The van der Waals surface area contributed by atoms with E-state index >= 15 is 0 Å². The molecule has 6 nitrogen and oxygen atoms in total. The summed E-state index contributed by atoms with van der Waals surface area (Å²) >= 11 is 0. The fourth-order valence-corrected chi connectivity index (χ4v) is 5.18. The Bertz CT molecular complexity index is 905. The maximum absolute atomic E-state index is 10.2. The molecule has 3 rings (SSSR count). The van der Waals surface area contributed by atoms with Crippen LogP contribution in [-0.4, -0.2) is 61.0 Å². The van der Waals surface area contributed by atoms with Crippen LogP contribution >= 0.6 is 37.2 Å². The lowest BCUT2D eigenvalue weighted by Crippen LogP contribution is -2.40. The molecule has 9 heteroatoms. The molecule has 1 aliphatic rings. The molecule has 38 heavy (non-hydrogen) atoms. The van der Waals surface area contributed by atoms with Crippen molar-refractivity contribution in [3.05, 3.63) is 47.5 Å². The van der Waals surface area contributed by atoms with Gasteiger partial charge in [-0.1, -0.05) is 44.4 Å². The highest BCUT2D eigenvalue weighted by molar-refractivity contribution is 5.86. The highest BCUT2D eigenvalue weighted by atomic mass is 35.5. The van der Waals surface area contributed by atoms with Gasteiger partial charge in [0.1, 0.15) is 5.75 Å². The second kappa shape index (κ2) is 20.3. The van der Waals surface area contributed by atoms with Crippen LogP contribution in [0.1, 0.15) is 63.0 Å². The van der Waals surface area contributed by atoms with E-state index in [1.807, 2.05) is 30.3 Å². The number of nitrogens with zero attached hydrogens (tertiary/aromatic N) is 1. The number of methoxy groups -OCH3 is 1. The zero-order chi connectivity index (χ0) is 24.9. The van der Waals surface area contributed by atoms with Crippen molar-refractivity contribution in [3.8, 4) is 17.2 Å². The van der Waals surface area contributed by atoms with E-state index in [4.69, 9.17) is 4.74 Å². The predicted octanol–water partition coefficient (Wildman–Crippen LogP) is 6.59. The fraction of sp³-hybridized carbons (Fsp3) is 0.586. The Kier molecular flexibility index (Phi) is 19.5. The molecule has 1 aliphatic carbocycles. The van der Waals surface area contributed by atoms with Gasteiger partial charge >= 0.3 is 0 Å². The summed E-state index contributed by atoms with van der Waals surface area (Å²) in [6.45, 7) is 7.46. The monoisotopic (exact) mass is 591 g/mol. The number of benzene rings is 2. The number of nitrogens with one attached hydrogen (secondary N) is 2. The van der Waals surface area contributed by atoms with Gasteiger partial charge in [0, 0.05) is 24.7 Å². The number of ether oxygens (including phenoxy) is 1. The van der Waals surface area contributed by atoms with Gasteiger partial charge in [-0.05, 0) is 81.9 Å². The molecule has 0 saturated heterocycles. The van der Waals surface area contributed by atoms with Crippen molar-refractivity contribution < 1.29 is 14.9 Å². The number of hydrogen-bond donors (Lipinski definition) is 4. The average molecular weight is 593 g/mol. The van der Waals surface area contributed by atoms with Crippen LogP contribution in [-0.2, 0) is 12.8 Å². The predicted molar refractivity (Wildman–Crippen MR) is 167 cm³/mol. The zero-order valence-electron chi connectivity index (χ0n) is 22.9. The molecule has 218 valence electrons. The summed E-state index contributed by atoms with van der Waals surface area (Å²) in [6.07, 6.45) is 10.4. The summed E-state index contributed by atoms with van der Waals surface area (Å²) in [4.78, 5) is 2.66. The Labute approximate surface area is 248 Å². The first kappa shape index (κ1) is 36.4. The molecular weight excluding hydrogens is 545 g/mol. The van der Waals surface area contributed by atoms with Crippen LogP contribution in [0.3, 0.4) is 0 Å². The van der Waals surface area contributed by atoms with Crippen molar-refractivity contribution in [1.82, 2.24) is 10.2 Å². The van der Waals surface area contributed by atoms with Gasteiger partial charge in [-0.25, -0.2) is 0 Å². The Hall–Kier alpha value is -1.57. The van der Waals surface area contributed by atoms with E-state index in [0.717, 1.165) is 69.0 Å². The van der Waals surface area contributed by atoms with Crippen LogP contribution in [0.4, 0.5) is 5.69 Å². The molecule has 0 aromatic heterocycles. The third kappa shape index (κ3) is 11.3. The number of unbranched alkanes of at least 4 members (excludes halogenated alkanes) is 4. The Morgan fingerprint density at radius 3 is 2.39 bits per heavy atom. The fourth-order valence-electron chi connectivity index (χ4n) is 5.18. The lowest BCUT2D eigenvalue weighted by molar-refractivity contribution is 0.175. The molecule has 0 fully saturated rings. The molecule has 2 aromatic carbocycles. The zero-order valence-corrected chi connectivity index (χ0v) is 25.4. The van der Waals surface area contributed by atoms with Crippen molar-refractivity contribution >= 4 is 42.9 Å². The molecule has 0 amide bonds. The molecular formula is C29H48Cl3N3O3. The molecule has 4 N–H and O–H groups in total. The van der Waals surface area contributed by atoms with E-state index in [1.54, 1.807) is 13.2 Å². The Morgan fingerprint density at radius 2 is 1.63 bits per heavy atom. The Balaban J connectivity index is 0.00000456. The van der Waals surface area contributed by atoms with Gasteiger partial charge in [0.15, 0.2) is 11.5 Å². The number of anilines is 1. The van der Waals surface area contributed by atoms with Gasteiger partial charge in [0.2, 0.25) is 0 Å². The van der Waals surface area contributed by atoms with Gasteiger partial charge in [0.25, 0.3) is 0 Å². The number of hydrogen-bond acceptors (Lipinski definition) is 6. The van der Waals surface area contributed by atoms with Gasteiger partial charge < -0.3 is 30.5 Å². The molecule has 2 aromatic rings. The lowest BCUT2D eigenvalue weighted by atomic mass is 9.86. The third-order valence-corrected chi connectivity index (χ3v) is 7.09. The minimum Gasteiger partial charge on any atom is -0.504 e. The van der Waals surface area contributed by atoms with Gasteiger partial charge in [-0.2, -0.15) is 0 Å². The third-order valence-electron chi connectivity index (χ3n) is 7.09. The average Bonchev–Trinajstić information content (AvgIpc) is 2.88. The van der Waals surface area contributed by atoms with E-state index in [9.17, 15) is 10.2 Å². The standard InChI is InChI=1S/C29H45N3O3.3ClH/c1-3-20-32(24-14-15-25-23(22-24)13-16-27(33)29(25)34)21-10-6-4-5-9-17-30-18-19-31-26-11-7-8-12-28(26)35-2;;;/h7-8,11-13,16,24,30-31,33-34H,3-6,9-10,14-15,17-22H2,1-2H3;3*1H. The number of phenols is 2. The van der Waals surface area contributed by atoms with E-state index in [1.165, 1.54) is 44.1 Å². The number of para-hydroxylation sites is 2. The van der Waals surface area contributed by atoms with E-state index < -0.39 is 0 Å². The van der Waals surface area contributed by atoms with Gasteiger partial charge in [-0.15, -0.1) is 37.2 Å². The Morgan fingerprint density at radius 1 is 0.895 bits per heavy atom. The summed E-state index contributed by atoms with van der Waals surface area (Å²) < 4.78 is 5.37. The van der Waals surface area contributed by atoms with Crippen LogP contribution in [0.25, 0.3) is 0 Å². The molecule has 1 atom stereocenters. The van der Waals surface area contributed by atoms with Crippen LogP contribution < -0.4 is 15.4 Å². The summed E-state index contributed by atoms with van der Waals surface area (Å²) in [5, 5.41) is 26.9. The summed E-state index contributed by atoms with van der Waals surface area (Å²) in [5.41, 5.74) is 3.19. The molecule has 0 bridgehead atoms. The number of phenolic OH excluding ortho intramolecular Hbond substituents is 2. The maximum Gasteiger partial charge on any atom is 0.160 e. The second-order valence-electron chi connectivity index (χ2n) is 9.65. The van der Waals surface area contributed by atoms with E-state index in [0.29, 0.717) is 6.04 Å². The molecule has 0 spiro atoms. The normalized spacial score (nSPS) is 14.0. The molecule has 0 aliphatic heterocycles. The smallest absolute Gasteiger partial charge is 0.160 e. The molecule has 1 unspecified atom stereocenters. The maximum atomic E-state index is 10.2. The van der Waals surface area contributed by atoms with E-state index in [2.05, 4.69) is 22.5 Å². The van der Waals surface area contributed by atoms with Crippen molar-refractivity contribution in [3.63, 3.8) is 0 Å². The summed E-state index contributed by atoms with van der Waals surface area (Å²) in [5.74, 6) is 0.982. The quantitative estimate of drug-likeness (QED) is 0.130. The van der Waals surface area contributed by atoms with Crippen LogP contribution in [0.2, 0.25) is 0 Å². The molecule has 0 radical (unpaired) electrons. The topological polar surface area (TPSA) is 77.0 Å². The van der Waals surface area contributed by atoms with Gasteiger partial charge in [-0.3, -0.25) is 0 Å². The minimum atomic E-state index is 0. The highest BCUT2D eigenvalue weighted by Gasteiger charge is 2.26. The number of rotatable bonds is 16. The first-order valence-corrected chi connectivity index (χ1v) is 13.5. The summed E-state index contributed by atoms with van der Waals surface area (Å²) in [7, 11) is 1.70. The second-order valence-corrected chi connectivity index (χ2v) is 9.65. The SMILES string of the molecule is CCCN(CCCCCCCNCCNc1ccccc1OC)C1CCc2c(ccc(O)c2O)C1.Cl.Cl.Cl. The summed E-state index contributed by atoms with van der Waals surface area (Å²) in [6, 6.07) is 12.2.